The molecule has 0 radical (unpaired) electrons. The predicted octanol–water partition coefficient (Wildman–Crippen LogP) is 2.17. The van der Waals surface area contributed by atoms with Crippen molar-refractivity contribution in [3.8, 4) is 0 Å². The van der Waals surface area contributed by atoms with E-state index in [0.717, 1.165) is 0 Å². The summed E-state index contributed by atoms with van der Waals surface area (Å²) >= 11 is 0. The van der Waals surface area contributed by atoms with E-state index in [1.54, 1.807) is 36.4 Å². The third kappa shape index (κ3) is 2.95. The maximum Gasteiger partial charge on any atom is 0.208 e. The second-order valence-corrected chi connectivity index (χ2v) is 9.03. The molecule has 0 saturated carbocycles. The summed E-state index contributed by atoms with van der Waals surface area (Å²) in [5.41, 5.74) is -2.62. The molecule has 23 heavy (non-hydrogen) atoms. The SMILES string of the molecule is O=S(=O)(c1ccccc1)C1C=CC(S(=O)(=O)c2ccccc2)O1. The fourth-order valence-corrected chi connectivity index (χ4v) is 5.05. The molecule has 3 rings (SSSR count). The Morgan fingerprint density at radius 1 is 0.609 bits per heavy atom. The van der Waals surface area contributed by atoms with Gasteiger partial charge in [0.05, 0.1) is 9.79 Å². The van der Waals surface area contributed by atoms with Crippen molar-refractivity contribution < 1.29 is 21.6 Å². The van der Waals surface area contributed by atoms with Crippen LogP contribution in [0, 0.1) is 0 Å². The lowest BCUT2D eigenvalue weighted by atomic mass is 10.4. The van der Waals surface area contributed by atoms with E-state index in [9.17, 15) is 16.8 Å². The van der Waals surface area contributed by atoms with Gasteiger partial charge in [-0.25, -0.2) is 16.8 Å². The smallest absolute Gasteiger partial charge is 0.208 e. The quantitative estimate of drug-likeness (QED) is 0.790. The van der Waals surface area contributed by atoms with Crippen LogP contribution in [-0.2, 0) is 24.4 Å². The van der Waals surface area contributed by atoms with E-state index in [1.165, 1.54) is 36.4 Å². The largest absolute Gasteiger partial charge is 0.334 e. The zero-order chi connectivity index (χ0) is 16.5. The molecule has 0 amide bonds. The van der Waals surface area contributed by atoms with Crippen LogP contribution < -0.4 is 0 Å². The van der Waals surface area contributed by atoms with Crippen molar-refractivity contribution in [1.29, 1.82) is 0 Å². The molecule has 2 aromatic rings. The summed E-state index contributed by atoms with van der Waals surface area (Å²) in [7, 11) is -7.58. The lowest BCUT2D eigenvalue weighted by Gasteiger charge is -2.15. The van der Waals surface area contributed by atoms with Gasteiger partial charge in [-0.15, -0.1) is 0 Å². The summed E-state index contributed by atoms with van der Waals surface area (Å²) in [6.45, 7) is 0. The first-order chi connectivity index (χ1) is 10.9. The molecule has 0 N–H and O–H groups in total. The number of rotatable bonds is 4. The van der Waals surface area contributed by atoms with E-state index >= 15 is 0 Å². The van der Waals surface area contributed by atoms with Crippen LogP contribution in [0.4, 0.5) is 0 Å². The van der Waals surface area contributed by atoms with Crippen molar-refractivity contribution in [2.45, 2.75) is 20.7 Å². The third-order valence-corrected chi connectivity index (χ3v) is 7.07. The summed E-state index contributed by atoms with van der Waals surface area (Å²) in [4.78, 5) is 0.180. The highest BCUT2D eigenvalue weighted by atomic mass is 32.2. The molecule has 120 valence electrons. The van der Waals surface area contributed by atoms with Crippen molar-refractivity contribution >= 4 is 19.7 Å². The van der Waals surface area contributed by atoms with Crippen LogP contribution in [0.25, 0.3) is 0 Å². The van der Waals surface area contributed by atoms with E-state index < -0.39 is 30.5 Å². The predicted molar refractivity (Wildman–Crippen MR) is 85.1 cm³/mol. The van der Waals surface area contributed by atoms with Gasteiger partial charge in [-0.2, -0.15) is 0 Å². The molecule has 7 heteroatoms. The molecule has 1 aliphatic rings. The van der Waals surface area contributed by atoms with Gasteiger partial charge in [0.15, 0.2) is 10.9 Å². The monoisotopic (exact) mass is 350 g/mol. The molecule has 0 saturated heterocycles. The summed E-state index contributed by atoms with van der Waals surface area (Å²) in [5.74, 6) is 0. The van der Waals surface area contributed by atoms with Crippen LogP contribution in [0.5, 0.6) is 0 Å². The first-order valence-electron chi connectivity index (χ1n) is 6.84. The van der Waals surface area contributed by atoms with Crippen molar-refractivity contribution in [2.75, 3.05) is 0 Å². The van der Waals surface area contributed by atoms with Gasteiger partial charge in [-0.3, -0.25) is 0 Å². The summed E-state index contributed by atoms with van der Waals surface area (Å²) in [5, 5.41) is 0. The topological polar surface area (TPSA) is 77.5 Å². The Kier molecular flexibility index (Phi) is 4.09. The van der Waals surface area contributed by atoms with Gasteiger partial charge in [0.25, 0.3) is 0 Å². The van der Waals surface area contributed by atoms with E-state index in [-0.39, 0.29) is 9.79 Å². The molecule has 2 aromatic carbocycles. The average Bonchev–Trinajstić information content (AvgIpc) is 3.08. The second-order valence-electron chi connectivity index (χ2n) is 4.97. The normalized spacial score (nSPS) is 21.4. The molecule has 0 aromatic heterocycles. The lowest BCUT2D eigenvalue weighted by molar-refractivity contribution is 0.151. The minimum atomic E-state index is -3.79. The van der Waals surface area contributed by atoms with Gasteiger partial charge in [0.2, 0.25) is 19.7 Å². The fourth-order valence-electron chi connectivity index (χ4n) is 2.25. The molecular weight excluding hydrogens is 336 g/mol. The van der Waals surface area contributed by atoms with Crippen LogP contribution >= 0.6 is 0 Å². The molecule has 2 atom stereocenters. The van der Waals surface area contributed by atoms with Crippen molar-refractivity contribution in [2.24, 2.45) is 0 Å². The van der Waals surface area contributed by atoms with Gasteiger partial charge in [-0.05, 0) is 36.4 Å². The standard InChI is InChI=1S/C16H14O5S2/c17-22(18,13-7-3-1-4-8-13)15-11-12-16(21-15)23(19,20)14-9-5-2-6-10-14/h1-12,15-16H. The van der Waals surface area contributed by atoms with Crippen molar-refractivity contribution in [3.63, 3.8) is 0 Å². The Morgan fingerprint density at radius 3 is 1.30 bits per heavy atom. The van der Waals surface area contributed by atoms with Crippen molar-refractivity contribution in [3.05, 3.63) is 72.8 Å². The number of hydrogen-bond donors (Lipinski definition) is 0. The second kappa shape index (κ2) is 5.92. The highest BCUT2D eigenvalue weighted by Gasteiger charge is 2.38. The number of benzene rings is 2. The fraction of sp³-hybridized carbons (Fsp3) is 0.125. The van der Waals surface area contributed by atoms with E-state index in [2.05, 4.69) is 0 Å². The minimum absolute atomic E-state index is 0.0902. The summed E-state index contributed by atoms with van der Waals surface area (Å²) in [6, 6.07) is 15.6. The highest BCUT2D eigenvalue weighted by molar-refractivity contribution is 7.93. The zero-order valence-electron chi connectivity index (χ0n) is 11.9. The molecule has 5 nitrogen and oxygen atoms in total. The van der Waals surface area contributed by atoms with Gasteiger partial charge in [0, 0.05) is 0 Å². The van der Waals surface area contributed by atoms with E-state index in [1.807, 2.05) is 0 Å². The number of ether oxygens (including phenoxy) is 1. The number of hydrogen-bond acceptors (Lipinski definition) is 5. The average molecular weight is 350 g/mol. The Hall–Kier alpha value is -1.96. The summed E-state index contributed by atoms with van der Waals surface area (Å²) in [6.07, 6.45) is 2.54. The molecular formula is C16H14O5S2. The molecule has 0 aliphatic carbocycles. The molecule has 0 fully saturated rings. The molecule has 1 aliphatic heterocycles. The van der Waals surface area contributed by atoms with E-state index in [0.29, 0.717) is 0 Å². The minimum Gasteiger partial charge on any atom is -0.334 e. The highest BCUT2D eigenvalue weighted by Crippen LogP contribution is 2.28. The Labute approximate surface area is 135 Å². The first kappa shape index (κ1) is 15.9. The van der Waals surface area contributed by atoms with Crippen LogP contribution in [0.3, 0.4) is 0 Å². The Balaban J connectivity index is 1.87. The van der Waals surface area contributed by atoms with Crippen molar-refractivity contribution in [1.82, 2.24) is 0 Å². The maximum atomic E-state index is 12.5. The van der Waals surface area contributed by atoms with Gasteiger partial charge in [0.1, 0.15) is 0 Å². The lowest BCUT2D eigenvalue weighted by Crippen LogP contribution is -2.27. The molecule has 2 unspecified atom stereocenters. The van der Waals surface area contributed by atoms with E-state index in [4.69, 9.17) is 4.74 Å². The Morgan fingerprint density at radius 2 is 0.957 bits per heavy atom. The molecule has 1 heterocycles. The number of sulfone groups is 2. The third-order valence-electron chi connectivity index (χ3n) is 3.45. The first-order valence-corrected chi connectivity index (χ1v) is 9.93. The Bertz CT molecular complexity index is 839. The van der Waals surface area contributed by atoms with Crippen LogP contribution in [-0.4, -0.2) is 27.7 Å². The zero-order valence-corrected chi connectivity index (χ0v) is 13.6. The van der Waals surface area contributed by atoms with Gasteiger partial charge >= 0.3 is 0 Å². The van der Waals surface area contributed by atoms with Crippen LogP contribution in [0.1, 0.15) is 0 Å². The molecule has 0 bridgehead atoms. The van der Waals surface area contributed by atoms with Crippen LogP contribution in [0.2, 0.25) is 0 Å². The van der Waals surface area contributed by atoms with Gasteiger partial charge in [-0.1, -0.05) is 36.4 Å². The summed E-state index contributed by atoms with van der Waals surface area (Å²) < 4.78 is 55.2. The molecule has 0 spiro atoms. The maximum absolute atomic E-state index is 12.5. The van der Waals surface area contributed by atoms with Crippen LogP contribution in [0.15, 0.2) is 82.6 Å². The van der Waals surface area contributed by atoms with Gasteiger partial charge < -0.3 is 4.74 Å².